The summed E-state index contributed by atoms with van der Waals surface area (Å²) in [5.41, 5.74) is 14.2. The third kappa shape index (κ3) is 6.06. The molecule has 9 aromatic carbocycles. The van der Waals surface area contributed by atoms with Gasteiger partial charge in [-0.15, -0.1) is 0 Å². The fourth-order valence-electron chi connectivity index (χ4n) is 8.89. The highest BCUT2D eigenvalue weighted by molar-refractivity contribution is 6.18. The number of nitrogens with zero attached hydrogens (tertiary/aromatic N) is 4. The van der Waals surface area contributed by atoms with E-state index in [0.29, 0.717) is 17.5 Å². The molecule has 0 radical (unpaired) electrons. The van der Waals surface area contributed by atoms with Gasteiger partial charge >= 0.3 is 0 Å². The highest BCUT2D eigenvalue weighted by Gasteiger charge is 2.22. The van der Waals surface area contributed by atoms with Crippen LogP contribution in [-0.4, -0.2) is 19.5 Å². The van der Waals surface area contributed by atoms with Gasteiger partial charge in [-0.05, 0) is 58.1 Å². The van der Waals surface area contributed by atoms with Crippen LogP contribution in [0.3, 0.4) is 0 Å². The molecular weight excluding hydrogens is 757 g/mol. The second-order valence-electron chi connectivity index (χ2n) is 15.6. The van der Waals surface area contributed by atoms with Crippen LogP contribution >= 0.6 is 0 Å². The zero-order valence-corrected chi connectivity index (χ0v) is 33.5. The molecule has 0 aliphatic heterocycles. The van der Waals surface area contributed by atoms with Gasteiger partial charge in [0, 0.05) is 49.9 Å². The number of hydrogen-bond donors (Lipinski definition) is 0. The highest BCUT2D eigenvalue weighted by atomic mass is 16.3. The average Bonchev–Trinajstić information content (AvgIpc) is 3.88. The lowest BCUT2D eigenvalue weighted by Crippen LogP contribution is -2.03. The Kier molecular flexibility index (Phi) is 8.42. The first kappa shape index (κ1) is 35.5. The molecule has 12 rings (SSSR count). The lowest BCUT2D eigenvalue weighted by atomic mass is 10.0. The minimum Gasteiger partial charge on any atom is -0.455 e. The third-order valence-electron chi connectivity index (χ3n) is 11.9. The van der Waals surface area contributed by atoms with Crippen molar-refractivity contribution in [3.8, 4) is 73.2 Å². The van der Waals surface area contributed by atoms with Crippen molar-refractivity contribution < 1.29 is 4.42 Å². The summed E-state index contributed by atoms with van der Waals surface area (Å²) >= 11 is 0. The van der Waals surface area contributed by atoms with Crippen molar-refractivity contribution in [3.05, 3.63) is 218 Å². The standard InChI is InChI=1S/C57H36N4O/c1-4-16-37(17-5-1)39-30-32-41(33-31-39)55-58-56(43-23-14-22-42(34-43)38-18-6-2-7-19-38)60-57(59-55)47-25-11-13-29-51(47)61-50-28-12-10-24-45(50)48-35-49-46-27-15-26-44(40-20-8-3-9-21-40)54(46)62-53(49)36-52(48)61/h1-36H. The third-order valence-corrected chi connectivity index (χ3v) is 11.9. The van der Waals surface area contributed by atoms with E-state index in [2.05, 4.69) is 205 Å². The number of fused-ring (bicyclic) bond motifs is 6. The zero-order valence-electron chi connectivity index (χ0n) is 33.5. The molecule has 0 spiro atoms. The number of aromatic nitrogens is 4. The fraction of sp³-hybridized carbons (Fsp3) is 0. The molecule has 3 heterocycles. The maximum Gasteiger partial charge on any atom is 0.166 e. The highest BCUT2D eigenvalue weighted by Crippen LogP contribution is 2.42. The second-order valence-corrected chi connectivity index (χ2v) is 15.6. The molecule has 5 nitrogen and oxygen atoms in total. The summed E-state index contributed by atoms with van der Waals surface area (Å²) < 4.78 is 9.14. The second kappa shape index (κ2) is 14.7. The van der Waals surface area contributed by atoms with Crippen LogP contribution in [-0.2, 0) is 0 Å². The van der Waals surface area contributed by atoms with Crippen LogP contribution in [0.25, 0.3) is 117 Å². The molecule has 0 amide bonds. The van der Waals surface area contributed by atoms with E-state index in [9.17, 15) is 0 Å². The first-order valence-electron chi connectivity index (χ1n) is 20.8. The molecule has 0 bridgehead atoms. The van der Waals surface area contributed by atoms with Crippen molar-refractivity contribution in [2.75, 3.05) is 0 Å². The van der Waals surface area contributed by atoms with Crippen molar-refractivity contribution >= 4 is 43.7 Å². The largest absolute Gasteiger partial charge is 0.455 e. The van der Waals surface area contributed by atoms with Crippen LogP contribution in [0, 0.1) is 0 Å². The minimum atomic E-state index is 0.584. The summed E-state index contributed by atoms with van der Waals surface area (Å²) in [5.74, 6) is 1.79. The summed E-state index contributed by atoms with van der Waals surface area (Å²) in [6.07, 6.45) is 0. The quantitative estimate of drug-likeness (QED) is 0.161. The number of benzene rings is 9. The normalized spacial score (nSPS) is 11.5. The Morgan fingerprint density at radius 3 is 1.61 bits per heavy atom. The van der Waals surface area contributed by atoms with Crippen LogP contribution in [0.2, 0.25) is 0 Å². The fourth-order valence-corrected chi connectivity index (χ4v) is 8.89. The molecule has 0 N–H and O–H groups in total. The molecule has 0 atom stereocenters. The van der Waals surface area contributed by atoms with Gasteiger partial charge in [0.15, 0.2) is 17.5 Å². The van der Waals surface area contributed by atoms with Crippen molar-refractivity contribution in [2.45, 2.75) is 0 Å². The van der Waals surface area contributed by atoms with Crippen molar-refractivity contribution in [1.82, 2.24) is 19.5 Å². The maximum atomic E-state index is 6.81. The lowest BCUT2D eigenvalue weighted by Gasteiger charge is -2.15. The van der Waals surface area contributed by atoms with Gasteiger partial charge in [-0.25, -0.2) is 15.0 Å². The molecule has 0 saturated heterocycles. The Bertz CT molecular complexity index is 3610. The molecule has 0 aliphatic carbocycles. The Balaban J connectivity index is 1.06. The zero-order chi connectivity index (χ0) is 41.0. The van der Waals surface area contributed by atoms with E-state index in [1.54, 1.807) is 0 Å². The molecular formula is C57H36N4O. The van der Waals surface area contributed by atoms with Crippen molar-refractivity contribution in [2.24, 2.45) is 0 Å². The molecule has 0 unspecified atom stereocenters. The van der Waals surface area contributed by atoms with Gasteiger partial charge in [0.05, 0.1) is 16.7 Å². The SMILES string of the molecule is c1ccc(-c2ccc(-c3nc(-c4cccc(-c5ccccc5)c4)nc(-c4ccccc4-n4c5ccccc5c5cc6c(cc54)oc4c(-c5ccccc5)cccc46)n3)cc2)cc1. The predicted molar refractivity (Wildman–Crippen MR) is 254 cm³/mol. The Hall–Kier alpha value is -8.41. The van der Waals surface area contributed by atoms with Crippen LogP contribution in [0.1, 0.15) is 0 Å². The summed E-state index contributed by atoms with van der Waals surface area (Å²) in [7, 11) is 0. The number of rotatable bonds is 7. The number of para-hydroxylation sites is 3. The topological polar surface area (TPSA) is 56.7 Å². The van der Waals surface area contributed by atoms with Crippen LogP contribution in [0.15, 0.2) is 223 Å². The van der Waals surface area contributed by atoms with Gasteiger partial charge in [0.2, 0.25) is 0 Å². The van der Waals surface area contributed by atoms with E-state index < -0.39 is 0 Å². The van der Waals surface area contributed by atoms with E-state index in [-0.39, 0.29) is 0 Å². The molecule has 0 aliphatic rings. The molecule has 0 fully saturated rings. The molecule has 0 saturated carbocycles. The Morgan fingerprint density at radius 1 is 0.306 bits per heavy atom. The maximum absolute atomic E-state index is 6.81. The van der Waals surface area contributed by atoms with Gasteiger partial charge in [-0.2, -0.15) is 0 Å². The molecule has 290 valence electrons. The van der Waals surface area contributed by atoms with Gasteiger partial charge in [0.1, 0.15) is 11.2 Å². The van der Waals surface area contributed by atoms with E-state index in [1.165, 1.54) is 0 Å². The van der Waals surface area contributed by atoms with Crippen molar-refractivity contribution in [3.63, 3.8) is 0 Å². The monoisotopic (exact) mass is 792 g/mol. The Labute approximate surface area is 357 Å². The molecule has 62 heavy (non-hydrogen) atoms. The van der Waals surface area contributed by atoms with E-state index in [4.69, 9.17) is 19.4 Å². The first-order chi connectivity index (χ1) is 30.7. The summed E-state index contributed by atoms with van der Waals surface area (Å²) in [6, 6.07) is 76.1. The van der Waals surface area contributed by atoms with Gasteiger partial charge < -0.3 is 8.98 Å². The van der Waals surface area contributed by atoms with E-state index in [0.717, 1.165) is 99.5 Å². The van der Waals surface area contributed by atoms with E-state index >= 15 is 0 Å². The summed E-state index contributed by atoms with van der Waals surface area (Å²) in [4.78, 5) is 15.7. The van der Waals surface area contributed by atoms with Crippen LogP contribution in [0.4, 0.5) is 0 Å². The number of hydrogen-bond acceptors (Lipinski definition) is 4. The van der Waals surface area contributed by atoms with E-state index in [1.807, 2.05) is 18.2 Å². The van der Waals surface area contributed by atoms with Gasteiger partial charge in [0.25, 0.3) is 0 Å². The predicted octanol–water partition coefficient (Wildman–Crippen LogP) is 14.9. The molecule has 12 aromatic rings. The Morgan fingerprint density at radius 2 is 0.839 bits per heavy atom. The van der Waals surface area contributed by atoms with Crippen molar-refractivity contribution in [1.29, 1.82) is 0 Å². The van der Waals surface area contributed by atoms with Crippen LogP contribution in [0.5, 0.6) is 0 Å². The van der Waals surface area contributed by atoms with Crippen LogP contribution < -0.4 is 0 Å². The van der Waals surface area contributed by atoms with Gasteiger partial charge in [-0.3, -0.25) is 0 Å². The molecule has 3 aromatic heterocycles. The minimum absolute atomic E-state index is 0.584. The first-order valence-corrected chi connectivity index (χ1v) is 20.8. The molecule has 5 heteroatoms. The van der Waals surface area contributed by atoms with Gasteiger partial charge in [-0.1, -0.05) is 182 Å². The average molecular weight is 793 g/mol. The smallest absolute Gasteiger partial charge is 0.166 e. The summed E-state index contributed by atoms with van der Waals surface area (Å²) in [5, 5.41) is 4.48. The number of furan rings is 1. The summed E-state index contributed by atoms with van der Waals surface area (Å²) in [6.45, 7) is 0. The lowest BCUT2D eigenvalue weighted by molar-refractivity contribution is 0.670.